The Bertz CT molecular complexity index is 384. The quantitative estimate of drug-likeness (QED) is 0.866. The predicted octanol–water partition coefficient (Wildman–Crippen LogP) is 1.77. The van der Waals surface area contributed by atoms with Crippen LogP contribution in [0.5, 0.6) is 0 Å². The monoisotopic (exact) mass is 234 g/mol. The lowest BCUT2D eigenvalue weighted by Crippen LogP contribution is -2.42. The number of pyridine rings is 1. The second kappa shape index (κ2) is 4.84. The fourth-order valence-electron chi connectivity index (χ4n) is 2.16. The molecule has 0 aromatic carbocycles. The molecule has 1 aromatic heterocycles. The summed E-state index contributed by atoms with van der Waals surface area (Å²) in [5.74, 6) is -0.666. The minimum Gasteiger partial charge on any atom is -0.481 e. The molecule has 0 spiro atoms. The van der Waals surface area contributed by atoms with Gasteiger partial charge in [-0.05, 0) is 50.6 Å². The van der Waals surface area contributed by atoms with Gasteiger partial charge in [-0.3, -0.25) is 14.7 Å². The SMILES string of the molecule is CC1(C(=O)O)CCN(Cc2ccncc2)CC1. The average Bonchev–Trinajstić information content (AvgIpc) is 2.33. The summed E-state index contributed by atoms with van der Waals surface area (Å²) in [4.78, 5) is 17.4. The largest absolute Gasteiger partial charge is 0.481 e. The Balaban J connectivity index is 1.90. The standard InChI is InChI=1S/C13H18N2O2/c1-13(12(16)17)4-8-15(9-5-13)10-11-2-6-14-7-3-11/h2-3,6-7H,4-5,8-10H2,1H3,(H,16,17). The summed E-state index contributed by atoms with van der Waals surface area (Å²) in [7, 11) is 0. The molecule has 0 atom stereocenters. The zero-order chi connectivity index (χ0) is 12.3. The van der Waals surface area contributed by atoms with Crippen molar-refractivity contribution in [1.82, 2.24) is 9.88 Å². The minimum atomic E-state index is -0.666. The number of carboxylic acid groups (broad SMARTS) is 1. The fourth-order valence-corrected chi connectivity index (χ4v) is 2.16. The van der Waals surface area contributed by atoms with Gasteiger partial charge in [-0.15, -0.1) is 0 Å². The first kappa shape index (κ1) is 12.0. The van der Waals surface area contributed by atoms with E-state index in [4.69, 9.17) is 5.11 Å². The van der Waals surface area contributed by atoms with Crippen LogP contribution in [-0.2, 0) is 11.3 Å². The van der Waals surface area contributed by atoms with Crippen molar-refractivity contribution in [2.45, 2.75) is 26.3 Å². The molecule has 1 fully saturated rings. The van der Waals surface area contributed by atoms with Crippen LogP contribution in [0.25, 0.3) is 0 Å². The third-order valence-corrected chi connectivity index (χ3v) is 3.63. The zero-order valence-electron chi connectivity index (χ0n) is 10.1. The van der Waals surface area contributed by atoms with E-state index >= 15 is 0 Å². The molecule has 1 N–H and O–H groups in total. The Kier molecular flexibility index (Phi) is 3.43. The van der Waals surface area contributed by atoms with Crippen LogP contribution in [0.1, 0.15) is 25.3 Å². The number of likely N-dealkylation sites (tertiary alicyclic amines) is 1. The number of rotatable bonds is 3. The van der Waals surface area contributed by atoms with Crippen molar-refractivity contribution in [3.8, 4) is 0 Å². The summed E-state index contributed by atoms with van der Waals surface area (Å²) in [6.07, 6.45) is 5.04. The number of nitrogens with zero attached hydrogens (tertiary/aromatic N) is 2. The summed E-state index contributed by atoms with van der Waals surface area (Å²) in [5.41, 5.74) is 0.702. The van der Waals surface area contributed by atoms with Crippen molar-refractivity contribution in [3.05, 3.63) is 30.1 Å². The maximum atomic E-state index is 11.1. The van der Waals surface area contributed by atoms with Crippen molar-refractivity contribution in [2.24, 2.45) is 5.41 Å². The number of carbonyl (C=O) groups is 1. The summed E-state index contributed by atoms with van der Waals surface area (Å²) < 4.78 is 0. The first-order chi connectivity index (χ1) is 8.10. The highest BCUT2D eigenvalue weighted by molar-refractivity contribution is 5.74. The Hall–Kier alpha value is -1.42. The van der Waals surface area contributed by atoms with Crippen LogP contribution in [-0.4, -0.2) is 34.0 Å². The van der Waals surface area contributed by atoms with Gasteiger partial charge in [0, 0.05) is 18.9 Å². The Labute approximate surface area is 101 Å². The number of carboxylic acids is 1. The van der Waals surface area contributed by atoms with Gasteiger partial charge in [-0.2, -0.15) is 0 Å². The Morgan fingerprint density at radius 2 is 2.00 bits per heavy atom. The van der Waals surface area contributed by atoms with E-state index in [0.717, 1.165) is 32.5 Å². The van der Waals surface area contributed by atoms with Gasteiger partial charge < -0.3 is 5.11 Å². The average molecular weight is 234 g/mol. The van der Waals surface area contributed by atoms with Crippen LogP contribution in [0.15, 0.2) is 24.5 Å². The first-order valence-corrected chi connectivity index (χ1v) is 5.95. The van der Waals surface area contributed by atoms with E-state index in [2.05, 4.69) is 9.88 Å². The molecule has 0 amide bonds. The molecule has 0 radical (unpaired) electrons. The molecule has 0 bridgehead atoms. The number of aliphatic carboxylic acids is 1. The van der Waals surface area contributed by atoms with E-state index in [1.807, 2.05) is 19.1 Å². The van der Waals surface area contributed by atoms with Crippen LogP contribution in [0.3, 0.4) is 0 Å². The molecule has 1 aromatic rings. The van der Waals surface area contributed by atoms with E-state index in [0.29, 0.717) is 0 Å². The van der Waals surface area contributed by atoms with E-state index in [9.17, 15) is 4.79 Å². The van der Waals surface area contributed by atoms with Gasteiger partial charge in [-0.1, -0.05) is 0 Å². The third kappa shape index (κ3) is 2.82. The van der Waals surface area contributed by atoms with E-state index in [-0.39, 0.29) is 0 Å². The summed E-state index contributed by atoms with van der Waals surface area (Å²) in [6.45, 7) is 4.44. The second-order valence-corrected chi connectivity index (χ2v) is 5.00. The molecule has 1 aliphatic heterocycles. The van der Waals surface area contributed by atoms with E-state index in [1.54, 1.807) is 12.4 Å². The molecule has 1 saturated heterocycles. The zero-order valence-corrected chi connectivity index (χ0v) is 10.1. The maximum absolute atomic E-state index is 11.1. The Morgan fingerprint density at radius 3 is 2.53 bits per heavy atom. The van der Waals surface area contributed by atoms with E-state index < -0.39 is 11.4 Å². The van der Waals surface area contributed by atoms with Gasteiger partial charge in [0.2, 0.25) is 0 Å². The minimum absolute atomic E-state index is 0.533. The van der Waals surface area contributed by atoms with Crippen LogP contribution in [0, 0.1) is 5.41 Å². The lowest BCUT2D eigenvalue weighted by atomic mass is 9.80. The van der Waals surface area contributed by atoms with Crippen molar-refractivity contribution in [2.75, 3.05) is 13.1 Å². The molecule has 0 unspecified atom stereocenters. The van der Waals surface area contributed by atoms with Crippen molar-refractivity contribution in [3.63, 3.8) is 0 Å². The predicted molar refractivity (Wildman–Crippen MR) is 64.5 cm³/mol. The highest BCUT2D eigenvalue weighted by Gasteiger charge is 2.36. The smallest absolute Gasteiger partial charge is 0.309 e. The number of piperidine rings is 1. The fraction of sp³-hybridized carbons (Fsp3) is 0.538. The second-order valence-electron chi connectivity index (χ2n) is 5.00. The molecule has 1 aliphatic rings. The molecule has 0 saturated carbocycles. The third-order valence-electron chi connectivity index (χ3n) is 3.63. The van der Waals surface area contributed by atoms with Crippen molar-refractivity contribution >= 4 is 5.97 Å². The van der Waals surface area contributed by atoms with Gasteiger partial charge in [0.05, 0.1) is 5.41 Å². The molecule has 92 valence electrons. The summed E-state index contributed by atoms with van der Waals surface area (Å²) >= 11 is 0. The summed E-state index contributed by atoms with van der Waals surface area (Å²) in [6, 6.07) is 4.01. The van der Waals surface area contributed by atoms with Gasteiger partial charge in [0.1, 0.15) is 0 Å². The molecule has 2 rings (SSSR count). The van der Waals surface area contributed by atoms with Crippen LogP contribution in [0.2, 0.25) is 0 Å². The molecule has 4 nitrogen and oxygen atoms in total. The molecule has 4 heteroatoms. The lowest BCUT2D eigenvalue weighted by molar-refractivity contribution is -0.150. The molecule has 2 heterocycles. The first-order valence-electron chi connectivity index (χ1n) is 5.95. The Morgan fingerprint density at radius 1 is 1.41 bits per heavy atom. The van der Waals surface area contributed by atoms with E-state index in [1.165, 1.54) is 5.56 Å². The molecular weight excluding hydrogens is 216 g/mol. The van der Waals surface area contributed by atoms with Crippen molar-refractivity contribution < 1.29 is 9.90 Å². The highest BCUT2D eigenvalue weighted by atomic mass is 16.4. The normalized spacial score (nSPS) is 20.1. The lowest BCUT2D eigenvalue weighted by Gasteiger charge is -2.36. The molecule has 0 aliphatic carbocycles. The van der Waals surface area contributed by atoms with Crippen LogP contribution < -0.4 is 0 Å². The topological polar surface area (TPSA) is 53.4 Å². The number of hydrogen-bond acceptors (Lipinski definition) is 3. The van der Waals surface area contributed by atoms with Crippen LogP contribution in [0.4, 0.5) is 0 Å². The van der Waals surface area contributed by atoms with Gasteiger partial charge in [0.15, 0.2) is 0 Å². The van der Waals surface area contributed by atoms with Crippen LogP contribution >= 0.6 is 0 Å². The molecular formula is C13H18N2O2. The molecule has 17 heavy (non-hydrogen) atoms. The highest BCUT2D eigenvalue weighted by Crippen LogP contribution is 2.31. The maximum Gasteiger partial charge on any atom is 0.309 e. The van der Waals surface area contributed by atoms with Gasteiger partial charge >= 0.3 is 5.97 Å². The number of aromatic nitrogens is 1. The van der Waals surface area contributed by atoms with Crippen molar-refractivity contribution in [1.29, 1.82) is 0 Å². The summed E-state index contributed by atoms with van der Waals surface area (Å²) in [5, 5.41) is 9.15. The van der Waals surface area contributed by atoms with Gasteiger partial charge in [0.25, 0.3) is 0 Å². The van der Waals surface area contributed by atoms with Gasteiger partial charge in [-0.25, -0.2) is 0 Å². The number of hydrogen-bond donors (Lipinski definition) is 1.